The van der Waals surface area contributed by atoms with E-state index < -0.39 is 0 Å². The average molecular weight is 190 g/mol. The van der Waals surface area contributed by atoms with Crippen LogP contribution in [0.3, 0.4) is 0 Å². The van der Waals surface area contributed by atoms with Gasteiger partial charge in [-0.25, -0.2) is 0 Å². The molecule has 14 heavy (non-hydrogen) atoms. The van der Waals surface area contributed by atoms with E-state index in [1.54, 1.807) is 7.05 Å². The van der Waals surface area contributed by atoms with Gasteiger partial charge in [-0.2, -0.15) is 0 Å². The van der Waals surface area contributed by atoms with Crippen LogP contribution >= 0.6 is 0 Å². The van der Waals surface area contributed by atoms with Crippen LogP contribution in [0.1, 0.15) is 16.7 Å². The van der Waals surface area contributed by atoms with Crippen LogP contribution < -0.4 is 10.6 Å². The Morgan fingerprint density at radius 2 is 2.36 bits per heavy atom. The maximum atomic E-state index is 11.2. The lowest BCUT2D eigenvalue weighted by atomic mass is 10.0. The van der Waals surface area contributed by atoms with Gasteiger partial charge in [0.15, 0.2) is 0 Å². The van der Waals surface area contributed by atoms with Gasteiger partial charge in [0, 0.05) is 20.1 Å². The number of amides is 1. The van der Waals surface area contributed by atoms with Crippen molar-refractivity contribution in [2.24, 2.45) is 0 Å². The fourth-order valence-electron chi connectivity index (χ4n) is 1.83. The monoisotopic (exact) mass is 190 g/mol. The van der Waals surface area contributed by atoms with Crippen molar-refractivity contribution in [2.45, 2.75) is 19.5 Å². The van der Waals surface area contributed by atoms with Crippen LogP contribution in [-0.4, -0.2) is 13.0 Å². The second-order valence-corrected chi connectivity index (χ2v) is 3.51. The Morgan fingerprint density at radius 1 is 1.50 bits per heavy atom. The number of nitrogens with one attached hydrogen (secondary N) is 2. The Balaban J connectivity index is 2.26. The minimum Gasteiger partial charge on any atom is -0.359 e. The van der Waals surface area contributed by atoms with Crippen LogP contribution in [-0.2, 0) is 24.3 Å². The molecular weight excluding hydrogens is 176 g/mol. The minimum absolute atomic E-state index is 0.0744. The zero-order valence-corrected chi connectivity index (χ0v) is 8.26. The fraction of sp³-hybridized carbons (Fsp3) is 0.364. The van der Waals surface area contributed by atoms with E-state index in [4.69, 9.17) is 0 Å². The highest BCUT2D eigenvalue weighted by Crippen LogP contribution is 2.19. The first kappa shape index (κ1) is 9.21. The highest BCUT2D eigenvalue weighted by atomic mass is 16.1. The molecule has 0 unspecified atom stereocenters. The third kappa shape index (κ3) is 1.63. The van der Waals surface area contributed by atoms with Crippen LogP contribution in [0.15, 0.2) is 18.2 Å². The Labute approximate surface area is 83.5 Å². The van der Waals surface area contributed by atoms with Crippen molar-refractivity contribution in [3.05, 3.63) is 34.9 Å². The molecule has 0 saturated carbocycles. The molecule has 0 saturated heterocycles. The van der Waals surface area contributed by atoms with E-state index in [1.807, 2.05) is 12.1 Å². The van der Waals surface area contributed by atoms with Crippen molar-refractivity contribution < 1.29 is 4.79 Å². The highest BCUT2D eigenvalue weighted by Gasteiger charge is 2.14. The van der Waals surface area contributed by atoms with Gasteiger partial charge < -0.3 is 10.6 Å². The van der Waals surface area contributed by atoms with Crippen molar-refractivity contribution in [1.29, 1.82) is 0 Å². The lowest BCUT2D eigenvalue weighted by Gasteiger charge is -2.06. The van der Waals surface area contributed by atoms with Gasteiger partial charge in [-0.1, -0.05) is 18.2 Å². The maximum absolute atomic E-state index is 11.2. The lowest BCUT2D eigenvalue weighted by Crippen LogP contribution is -2.20. The summed E-state index contributed by atoms with van der Waals surface area (Å²) in [5.41, 5.74) is 3.77. The number of benzene rings is 1. The van der Waals surface area contributed by atoms with Gasteiger partial charge in [0.1, 0.15) is 0 Å². The molecule has 2 N–H and O–H groups in total. The fourth-order valence-corrected chi connectivity index (χ4v) is 1.83. The molecule has 1 amide bonds. The molecule has 0 aromatic heterocycles. The number of likely N-dealkylation sites (N-methyl/N-ethyl adjacent to an activating group) is 1. The quantitative estimate of drug-likeness (QED) is 0.716. The van der Waals surface area contributed by atoms with Gasteiger partial charge in [0.2, 0.25) is 5.91 Å². The third-order valence-electron chi connectivity index (χ3n) is 2.62. The Kier molecular flexibility index (Phi) is 2.50. The molecule has 74 valence electrons. The second kappa shape index (κ2) is 3.80. The first-order valence-electron chi connectivity index (χ1n) is 4.82. The van der Waals surface area contributed by atoms with E-state index in [0.717, 1.165) is 18.7 Å². The molecule has 0 atom stereocenters. The number of carbonyl (C=O) groups is 1. The van der Waals surface area contributed by atoms with E-state index in [-0.39, 0.29) is 5.91 Å². The molecule has 1 aliphatic rings. The molecular formula is C11H14N2O. The van der Waals surface area contributed by atoms with E-state index in [1.165, 1.54) is 11.1 Å². The first-order chi connectivity index (χ1) is 6.81. The van der Waals surface area contributed by atoms with E-state index in [0.29, 0.717) is 6.42 Å². The van der Waals surface area contributed by atoms with Gasteiger partial charge in [-0.15, -0.1) is 0 Å². The van der Waals surface area contributed by atoms with Gasteiger partial charge in [-0.05, 0) is 16.7 Å². The van der Waals surface area contributed by atoms with Crippen LogP contribution in [0.25, 0.3) is 0 Å². The molecule has 0 radical (unpaired) electrons. The Bertz CT molecular complexity index is 360. The third-order valence-corrected chi connectivity index (χ3v) is 2.62. The molecule has 0 bridgehead atoms. The summed E-state index contributed by atoms with van der Waals surface area (Å²) in [4.78, 5) is 11.2. The molecule has 0 aliphatic carbocycles. The summed E-state index contributed by atoms with van der Waals surface area (Å²) in [6.07, 6.45) is 0.487. The molecule has 1 heterocycles. The van der Waals surface area contributed by atoms with E-state index in [2.05, 4.69) is 16.7 Å². The number of fused-ring (bicyclic) bond motifs is 1. The second-order valence-electron chi connectivity index (χ2n) is 3.51. The first-order valence-corrected chi connectivity index (χ1v) is 4.82. The van der Waals surface area contributed by atoms with Crippen LogP contribution in [0.2, 0.25) is 0 Å². The maximum Gasteiger partial charge on any atom is 0.224 e. The largest absolute Gasteiger partial charge is 0.359 e. The molecule has 3 nitrogen and oxygen atoms in total. The Morgan fingerprint density at radius 3 is 3.14 bits per heavy atom. The zero-order valence-electron chi connectivity index (χ0n) is 8.26. The van der Waals surface area contributed by atoms with Gasteiger partial charge >= 0.3 is 0 Å². The van der Waals surface area contributed by atoms with E-state index in [9.17, 15) is 4.79 Å². The smallest absolute Gasteiger partial charge is 0.224 e. The Hall–Kier alpha value is -1.35. The minimum atomic E-state index is 0.0744. The highest BCUT2D eigenvalue weighted by molar-refractivity contribution is 5.78. The average Bonchev–Trinajstić information content (AvgIpc) is 2.66. The van der Waals surface area contributed by atoms with Crippen LogP contribution in [0.4, 0.5) is 0 Å². The van der Waals surface area contributed by atoms with Gasteiger partial charge in [-0.3, -0.25) is 4.79 Å². The number of hydrogen-bond acceptors (Lipinski definition) is 2. The van der Waals surface area contributed by atoms with Crippen molar-refractivity contribution in [3.8, 4) is 0 Å². The molecule has 1 aliphatic heterocycles. The summed E-state index contributed by atoms with van der Waals surface area (Å²) in [7, 11) is 1.67. The summed E-state index contributed by atoms with van der Waals surface area (Å²) < 4.78 is 0. The van der Waals surface area contributed by atoms with Gasteiger partial charge in [0.25, 0.3) is 0 Å². The predicted octanol–water partition coefficient (Wildman–Crippen LogP) is 0.578. The summed E-state index contributed by atoms with van der Waals surface area (Å²) in [6, 6.07) is 6.16. The summed E-state index contributed by atoms with van der Waals surface area (Å²) in [5.74, 6) is 0.0744. The van der Waals surface area contributed by atoms with Crippen molar-refractivity contribution in [2.75, 3.05) is 7.05 Å². The summed E-state index contributed by atoms with van der Waals surface area (Å²) in [5, 5.41) is 5.93. The van der Waals surface area contributed by atoms with Crippen molar-refractivity contribution >= 4 is 5.91 Å². The van der Waals surface area contributed by atoms with Crippen LogP contribution in [0.5, 0.6) is 0 Å². The van der Waals surface area contributed by atoms with E-state index >= 15 is 0 Å². The van der Waals surface area contributed by atoms with Crippen molar-refractivity contribution in [1.82, 2.24) is 10.6 Å². The molecule has 0 spiro atoms. The number of hydrogen-bond donors (Lipinski definition) is 2. The molecule has 1 aromatic carbocycles. The van der Waals surface area contributed by atoms with Crippen molar-refractivity contribution in [3.63, 3.8) is 0 Å². The number of carbonyl (C=O) groups excluding carboxylic acids is 1. The molecule has 2 rings (SSSR count). The summed E-state index contributed by atoms with van der Waals surface area (Å²) in [6.45, 7) is 1.82. The molecule has 0 fully saturated rings. The standard InChI is InChI=1S/C11H14N2O/c1-12-11(14)5-8-3-2-4-9-6-13-7-10(8)9/h2-4,13H,5-7H2,1H3,(H,12,14). The SMILES string of the molecule is CNC(=O)Cc1cccc2c1CNC2. The zero-order chi connectivity index (χ0) is 9.97. The lowest BCUT2D eigenvalue weighted by molar-refractivity contribution is -0.119. The topological polar surface area (TPSA) is 41.1 Å². The van der Waals surface area contributed by atoms with Gasteiger partial charge in [0.05, 0.1) is 6.42 Å². The predicted molar refractivity (Wildman–Crippen MR) is 54.8 cm³/mol. The summed E-state index contributed by atoms with van der Waals surface area (Å²) >= 11 is 0. The normalized spacial score (nSPS) is 13.8. The molecule has 1 aromatic rings. The molecule has 3 heteroatoms. The number of rotatable bonds is 2. The van der Waals surface area contributed by atoms with Crippen LogP contribution in [0, 0.1) is 0 Å².